The van der Waals surface area contributed by atoms with Crippen molar-refractivity contribution in [3.63, 3.8) is 0 Å². The van der Waals surface area contributed by atoms with E-state index in [4.69, 9.17) is 9.84 Å². The van der Waals surface area contributed by atoms with Gasteiger partial charge in [-0.25, -0.2) is 4.52 Å². The smallest absolute Gasteiger partial charge is 0.196 e. The fourth-order valence-corrected chi connectivity index (χ4v) is 4.28. The van der Waals surface area contributed by atoms with Gasteiger partial charge in [0.15, 0.2) is 10.8 Å². The lowest BCUT2D eigenvalue weighted by atomic mass is 10.1. The van der Waals surface area contributed by atoms with Crippen molar-refractivity contribution < 1.29 is 4.74 Å². The number of unbranched alkanes of at least 4 members (excludes halogenated alkanes) is 1. The molecule has 0 spiro atoms. The van der Waals surface area contributed by atoms with Crippen molar-refractivity contribution in [3.05, 3.63) is 78.6 Å². The summed E-state index contributed by atoms with van der Waals surface area (Å²) in [6, 6.07) is 20.5. The number of ether oxygens (including phenoxy) is 1. The first-order valence-electron chi connectivity index (χ1n) is 10.4. The first kappa shape index (κ1) is 19.6. The van der Waals surface area contributed by atoms with Gasteiger partial charge < -0.3 is 4.74 Å². The van der Waals surface area contributed by atoms with Gasteiger partial charge in [-0.05, 0) is 42.3 Å². The standard InChI is InChI=1S/C24H23N5OS/c1-2-3-15-30-20-11-9-19(10-12-20)21-16-22-23-25-26-24(28(23)13-14-29(22)27-21)31-17-18-7-5-4-6-8-18/h4-14,16H,2-3,15,17H2,1H3. The number of nitrogens with zero attached hydrogens (tertiary/aromatic N) is 5. The Hall–Kier alpha value is -3.32. The Morgan fingerprint density at radius 2 is 1.81 bits per heavy atom. The minimum absolute atomic E-state index is 0.750. The van der Waals surface area contributed by atoms with Crippen LogP contribution in [0.15, 0.2) is 78.2 Å². The van der Waals surface area contributed by atoms with Crippen LogP contribution in [-0.4, -0.2) is 30.8 Å². The normalized spacial score (nSPS) is 11.4. The fraction of sp³-hybridized carbons (Fsp3) is 0.208. The molecule has 0 aliphatic heterocycles. The third kappa shape index (κ3) is 4.14. The minimum Gasteiger partial charge on any atom is -0.494 e. The van der Waals surface area contributed by atoms with E-state index in [1.54, 1.807) is 11.8 Å². The first-order chi connectivity index (χ1) is 15.3. The highest BCUT2D eigenvalue weighted by atomic mass is 32.2. The van der Waals surface area contributed by atoms with E-state index in [1.807, 2.05) is 51.6 Å². The molecule has 156 valence electrons. The minimum atomic E-state index is 0.750. The maximum Gasteiger partial charge on any atom is 0.196 e. The fourth-order valence-electron chi connectivity index (χ4n) is 3.41. The number of thioether (sulfide) groups is 1. The second-order valence-electron chi connectivity index (χ2n) is 7.33. The molecule has 0 radical (unpaired) electrons. The molecule has 3 heterocycles. The van der Waals surface area contributed by atoms with Gasteiger partial charge in [0, 0.05) is 23.7 Å². The number of fused-ring (bicyclic) bond motifs is 3. The van der Waals surface area contributed by atoms with E-state index >= 15 is 0 Å². The molecule has 0 unspecified atom stereocenters. The van der Waals surface area contributed by atoms with E-state index in [1.165, 1.54) is 5.56 Å². The summed E-state index contributed by atoms with van der Waals surface area (Å²) in [5.41, 5.74) is 4.94. The van der Waals surface area contributed by atoms with Gasteiger partial charge in [-0.3, -0.25) is 4.40 Å². The second kappa shape index (κ2) is 8.81. The van der Waals surface area contributed by atoms with E-state index in [0.717, 1.165) is 58.5 Å². The van der Waals surface area contributed by atoms with Crippen LogP contribution in [0.2, 0.25) is 0 Å². The van der Waals surface area contributed by atoms with Crippen LogP contribution in [0.25, 0.3) is 22.4 Å². The van der Waals surface area contributed by atoms with Gasteiger partial charge >= 0.3 is 0 Å². The van der Waals surface area contributed by atoms with E-state index in [2.05, 4.69) is 47.5 Å². The molecule has 0 aliphatic rings. The zero-order valence-corrected chi connectivity index (χ0v) is 18.1. The lowest BCUT2D eigenvalue weighted by Crippen LogP contribution is -1.96. The molecule has 5 aromatic rings. The molecule has 0 saturated carbocycles. The molecule has 5 rings (SSSR count). The van der Waals surface area contributed by atoms with Gasteiger partial charge in [0.05, 0.1) is 12.3 Å². The van der Waals surface area contributed by atoms with Gasteiger partial charge in [-0.15, -0.1) is 10.2 Å². The summed E-state index contributed by atoms with van der Waals surface area (Å²) in [6.07, 6.45) is 6.11. The van der Waals surface area contributed by atoms with Crippen molar-refractivity contribution >= 4 is 22.9 Å². The van der Waals surface area contributed by atoms with E-state index in [-0.39, 0.29) is 0 Å². The van der Waals surface area contributed by atoms with Crippen LogP contribution in [0, 0.1) is 0 Å². The monoisotopic (exact) mass is 429 g/mol. The number of aromatic nitrogens is 5. The summed E-state index contributed by atoms with van der Waals surface area (Å²) in [5, 5.41) is 14.4. The SMILES string of the molecule is CCCCOc1ccc(-c2cc3c4nnc(SCc5ccccc5)n4ccn3n2)cc1. The van der Waals surface area contributed by atoms with Crippen molar-refractivity contribution in [2.75, 3.05) is 6.61 Å². The lowest BCUT2D eigenvalue weighted by molar-refractivity contribution is 0.309. The summed E-state index contributed by atoms with van der Waals surface area (Å²) in [4.78, 5) is 0. The van der Waals surface area contributed by atoms with Crippen molar-refractivity contribution in [2.45, 2.75) is 30.7 Å². The number of hydrogen-bond acceptors (Lipinski definition) is 5. The zero-order chi connectivity index (χ0) is 21.0. The molecule has 31 heavy (non-hydrogen) atoms. The lowest BCUT2D eigenvalue weighted by Gasteiger charge is -2.05. The van der Waals surface area contributed by atoms with E-state index in [9.17, 15) is 0 Å². The predicted molar refractivity (Wildman–Crippen MR) is 124 cm³/mol. The average Bonchev–Trinajstić information content (AvgIpc) is 3.43. The van der Waals surface area contributed by atoms with E-state index < -0.39 is 0 Å². The molecule has 0 aliphatic carbocycles. The molecule has 7 heteroatoms. The molecule has 3 aromatic heterocycles. The third-order valence-electron chi connectivity index (χ3n) is 5.11. The number of benzene rings is 2. The van der Waals surface area contributed by atoms with Crippen LogP contribution < -0.4 is 4.74 Å². The van der Waals surface area contributed by atoms with Crippen LogP contribution in [0.4, 0.5) is 0 Å². The molecular formula is C24H23N5OS. The molecule has 0 N–H and O–H groups in total. The van der Waals surface area contributed by atoms with Crippen molar-refractivity contribution in [1.29, 1.82) is 0 Å². The topological polar surface area (TPSA) is 56.7 Å². The molecule has 0 bridgehead atoms. The Morgan fingerprint density at radius 1 is 0.968 bits per heavy atom. The summed E-state index contributed by atoms with van der Waals surface area (Å²) in [5.74, 6) is 1.74. The quantitative estimate of drug-likeness (QED) is 0.240. The molecule has 0 saturated heterocycles. The summed E-state index contributed by atoms with van der Waals surface area (Å²) in [7, 11) is 0. The van der Waals surface area contributed by atoms with Crippen LogP contribution in [-0.2, 0) is 5.75 Å². The van der Waals surface area contributed by atoms with Crippen LogP contribution in [0.5, 0.6) is 5.75 Å². The van der Waals surface area contributed by atoms with Gasteiger partial charge in [0.2, 0.25) is 0 Å². The highest BCUT2D eigenvalue weighted by Gasteiger charge is 2.13. The second-order valence-corrected chi connectivity index (χ2v) is 8.28. The molecular weight excluding hydrogens is 406 g/mol. The maximum atomic E-state index is 5.76. The molecule has 0 fully saturated rings. The molecule has 2 aromatic carbocycles. The van der Waals surface area contributed by atoms with E-state index in [0.29, 0.717) is 0 Å². The summed E-state index contributed by atoms with van der Waals surface area (Å²) >= 11 is 1.68. The predicted octanol–water partition coefficient (Wildman–Crippen LogP) is 5.52. The highest BCUT2D eigenvalue weighted by molar-refractivity contribution is 7.98. The van der Waals surface area contributed by atoms with Gasteiger partial charge in [0.25, 0.3) is 0 Å². The Kier molecular flexibility index (Phi) is 5.58. The molecule has 0 atom stereocenters. The van der Waals surface area contributed by atoms with Crippen molar-refractivity contribution in [1.82, 2.24) is 24.2 Å². The molecule has 6 nitrogen and oxygen atoms in total. The van der Waals surface area contributed by atoms with Crippen LogP contribution in [0.3, 0.4) is 0 Å². The Morgan fingerprint density at radius 3 is 2.61 bits per heavy atom. The molecule has 0 amide bonds. The first-order valence-corrected chi connectivity index (χ1v) is 11.4. The van der Waals surface area contributed by atoms with Crippen molar-refractivity contribution in [2.24, 2.45) is 0 Å². The maximum absolute atomic E-state index is 5.76. The van der Waals surface area contributed by atoms with Gasteiger partial charge in [-0.2, -0.15) is 5.10 Å². The van der Waals surface area contributed by atoms with Crippen LogP contribution >= 0.6 is 11.8 Å². The highest BCUT2D eigenvalue weighted by Crippen LogP contribution is 2.26. The number of hydrogen-bond donors (Lipinski definition) is 0. The Balaban J connectivity index is 1.39. The Bertz CT molecular complexity index is 1290. The van der Waals surface area contributed by atoms with Crippen LogP contribution in [0.1, 0.15) is 25.3 Å². The van der Waals surface area contributed by atoms with Gasteiger partial charge in [0.1, 0.15) is 11.3 Å². The third-order valence-corrected chi connectivity index (χ3v) is 6.13. The summed E-state index contributed by atoms with van der Waals surface area (Å²) in [6.45, 7) is 2.91. The number of rotatable bonds is 8. The zero-order valence-electron chi connectivity index (χ0n) is 17.3. The Labute approximate surface area is 184 Å². The largest absolute Gasteiger partial charge is 0.494 e. The average molecular weight is 430 g/mol. The van der Waals surface area contributed by atoms with Crippen molar-refractivity contribution in [3.8, 4) is 17.0 Å². The van der Waals surface area contributed by atoms with Gasteiger partial charge in [-0.1, -0.05) is 55.4 Å². The summed E-state index contributed by atoms with van der Waals surface area (Å²) < 4.78 is 9.65.